The molecule has 0 bridgehead atoms. The summed E-state index contributed by atoms with van der Waals surface area (Å²) in [5.74, 6) is 2.00. The normalized spacial score (nSPS) is 18.7. The van der Waals surface area contributed by atoms with Crippen molar-refractivity contribution in [2.45, 2.75) is 57.0 Å². The Labute approximate surface area is 219 Å². The topological polar surface area (TPSA) is 107 Å². The summed E-state index contributed by atoms with van der Waals surface area (Å²) in [7, 11) is 0. The Hall–Kier alpha value is -3.56. The minimum Gasteiger partial charge on any atom is -0.492 e. The number of ether oxygens (including phenoxy) is 1. The third-order valence-electron chi connectivity index (χ3n) is 6.85. The summed E-state index contributed by atoms with van der Waals surface area (Å²) in [5.41, 5.74) is 9.31. The number of nitrogens with one attached hydrogen (secondary N) is 2. The van der Waals surface area contributed by atoms with Gasteiger partial charge in [-0.2, -0.15) is 0 Å². The molecular formula is C28H31N5O3S. The molecule has 192 valence electrons. The molecule has 2 amide bonds. The quantitative estimate of drug-likeness (QED) is 0.298. The van der Waals surface area contributed by atoms with E-state index in [9.17, 15) is 4.79 Å². The van der Waals surface area contributed by atoms with Crippen molar-refractivity contribution < 1.29 is 14.1 Å². The average Bonchev–Trinajstić information content (AvgIpc) is 3.19. The second kappa shape index (κ2) is 8.78. The molecule has 1 saturated carbocycles. The number of aromatic nitrogens is 2. The van der Waals surface area contributed by atoms with E-state index in [0.29, 0.717) is 18.8 Å². The molecule has 1 fully saturated rings. The summed E-state index contributed by atoms with van der Waals surface area (Å²) in [4.78, 5) is 13.6. The molecule has 2 aliphatic carbocycles. The molecular weight excluding hydrogens is 486 g/mol. The van der Waals surface area contributed by atoms with Crippen molar-refractivity contribution in [3.05, 3.63) is 66.1 Å². The van der Waals surface area contributed by atoms with Crippen LogP contribution in [-0.2, 0) is 5.41 Å². The number of carbonyl (C=O) groups is 1. The predicted octanol–water partition coefficient (Wildman–Crippen LogP) is 5.84. The number of allylic oxidation sites excluding steroid dienone is 2. The molecule has 37 heavy (non-hydrogen) atoms. The molecule has 0 aliphatic heterocycles. The van der Waals surface area contributed by atoms with E-state index in [1.165, 1.54) is 9.53 Å². The zero-order valence-corrected chi connectivity index (χ0v) is 22.0. The van der Waals surface area contributed by atoms with E-state index in [1.54, 1.807) is 17.4 Å². The molecule has 1 atom stereocenters. The van der Waals surface area contributed by atoms with Gasteiger partial charge >= 0.3 is 6.03 Å². The molecule has 9 heteroatoms. The Bertz CT molecular complexity index is 1550. The average molecular weight is 518 g/mol. The highest BCUT2D eigenvalue weighted by molar-refractivity contribution is 7.24. The Morgan fingerprint density at radius 2 is 2.14 bits per heavy atom. The maximum absolute atomic E-state index is 12.4. The number of hydrogen-bond donors (Lipinski definition) is 3. The Balaban J connectivity index is 1.08. The number of amides is 2. The predicted molar refractivity (Wildman–Crippen MR) is 147 cm³/mol. The number of nitrogens with two attached hydrogens (primary N) is 1. The highest BCUT2D eigenvalue weighted by Crippen LogP contribution is 2.36. The van der Waals surface area contributed by atoms with Crippen molar-refractivity contribution in [1.82, 2.24) is 14.9 Å². The molecule has 2 aliphatic rings. The van der Waals surface area contributed by atoms with Crippen LogP contribution in [0.4, 0.5) is 10.6 Å². The number of nitrogens with zero attached hydrogens (tertiary/aromatic N) is 2. The van der Waals surface area contributed by atoms with Crippen LogP contribution in [0.15, 0.2) is 59.3 Å². The van der Waals surface area contributed by atoms with Crippen LogP contribution >= 0.6 is 11.3 Å². The summed E-state index contributed by atoms with van der Waals surface area (Å²) < 4.78 is 14.7. The number of urea groups is 1. The molecule has 8 nitrogen and oxygen atoms in total. The second-order valence-electron chi connectivity index (χ2n) is 11.1. The van der Waals surface area contributed by atoms with Gasteiger partial charge in [0.1, 0.15) is 22.9 Å². The summed E-state index contributed by atoms with van der Waals surface area (Å²) in [6.45, 7) is 6.67. The van der Waals surface area contributed by atoms with Crippen LogP contribution in [0.1, 0.15) is 51.4 Å². The van der Waals surface area contributed by atoms with Crippen molar-refractivity contribution in [2.75, 3.05) is 11.9 Å². The van der Waals surface area contributed by atoms with Crippen LogP contribution < -0.4 is 21.1 Å². The Kier molecular flexibility index (Phi) is 5.65. The molecule has 0 spiro atoms. The summed E-state index contributed by atoms with van der Waals surface area (Å²) in [6.07, 6.45) is 11.2. The maximum atomic E-state index is 12.4. The Morgan fingerprint density at radius 3 is 2.84 bits per heavy atom. The van der Waals surface area contributed by atoms with Crippen molar-refractivity contribution >= 4 is 43.8 Å². The third kappa shape index (κ3) is 5.01. The van der Waals surface area contributed by atoms with Gasteiger partial charge in [0.15, 0.2) is 5.82 Å². The molecule has 0 radical (unpaired) electrons. The van der Waals surface area contributed by atoms with Gasteiger partial charge in [0.2, 0.25) is 0 Å². The van der Waals surface area contributed by atoms with E-state index in [0.717, 1.165) is 41.0 Å². The van der Waals surface area contributed by atoms with Gasteiger partial charge in [-0.1, -0.05) is 44.2 Å². The number of fused-ring (bicyclic) bond motifs is 3. The fraction of sp³-hybridized carbons (Fsp3) is 0.357. The monoisotopic (exact) mass is 517 g/mol. The van der Waals surface area contributed by atoms with Gasteiger partial charge in [0.25, 0.3) is 0 Å². The molecule has 0 saturated heterocycles. The lowest BCUT2D eigenvalue weighted by Gasteiger charge is -2.17. The zero-order valence-electron chi connectivity index (χ0n) is 21.2. The fourth-order valence-corrected chi connectivity index (χ4v) is 5.43. The number of thiazole rings is 1. The lowest BCUT2D eigenvalue weighted by Crippen LogP contribution is -2.37. The number of benzene rings is 1. The summed E-state index contributed by atoms with van der Waals surface area (Å²) >= 11 is 1.74. The highest BCUT2D eigenvalue weighted by Gasteiger charge is 2.39. The minimum absolute atomic E-state index is 0.0935. The molecule has 6 rings (SSSR count). The number of carbonyl (C=O) groups excluding carboxylic acids is 1. The number of rotatable bonds is 6. The van der Waals surface area contributed by atoms with Gasteiger partial charge in [0.05, 0.1) is 21.8 Å². The van der Waals surface area contributed by atoms with Gasteiger partial charge in [-0.15, -0.1) is 11.3 Å². The first-order valence-corrected chi connectivity index (χ1v) is 13.4. The summed E-state index contributed by atoms with van der Waals surface area (Å²) in [5, 5.41) is 9.67. The van der Waals surface area contributed by atoms with E-state index in [2.05, 4.69) is 56.7 Å². The van der Waals surface area contributed by atoms with Crippen molar-refractivity contribution in [3.8, 4) is 5.75 Å². The minimum atomic E-state index is -0.307. The maximum Gasteiger partial charge on any atom is 0.320 e. The molecule has 1 unspecified atom stereocenters. The van der Waals surface area contributed by atoms with Gasteiger partial charge in [-0.3, -0.25) is 5.32 Å². The van der Waals surface area contributed by atoms with Crippen LogP contribution in [0.5, 0.6) is 5.75 Å². The van der Waals surface area contributed by atoms with Crippen LogP contribution in [0.3, 0.4) is 0 Å². The summed E-state index contributed by atoms with van der Waals surface area (Å²) in [6, 6.07) is 9.79. The molecule has 4 aromatic rings. The van der Waals surface area contributed by atoms with E-state index < -0.39 is 0 Å². The van der Waals surface area contributed by atoms with E-state index in [-0.39, 0.29) is 23.0 Å². The standard InChI is InChI=1S/C28H31N5O3S/c1-27(2,3)23-14-24(32-36-23)31-26(34)30-19-6-4-17(5-7-19)18-12-25-33(15-18)21-9-8-20(13-22(21)37-25)35-16-28(29)10-11-28/h4-6,8-9,12-15,19H,7,10-11,16,29H2,1-3H3,(H2,30,31,32,34). The van der Waals surface area contributed by atoms with Crippen molar-refractivity contribution in [2.24, 2.45) is 5.73 Å². The van der Waals surface area contributed by atoms with E-state index in [4.69, 9.17) is 15.0 Å². The molecule has 4 N–H and O–H groups in total. The Morgan fingerprint density at radius 1 is 1.30 bits per heavy atom. The SMILES string of the molecule is CC(C)(C)c1cc(NC(=O)NC2C=CC(c3cc4sc5cc(OCC6(N)CC6)ccc5n4c3)=CC2)no1. The van der Waals surface area contributed by atoms with Gasteiger partial charge in [-0.25, -0.2) is 4.79 Å². The van der Waals surface area contributed by atoms with E-state index in [1.807, 2.05) is 32.9 Å². The third-order valence-corrected chi connectivity index (χ3v) is 7.92. The largest absolute Gasteiger partial charge is 0.492 e. The molecule has 3 heterocycles. The first kappa shape index (κ1) is 23.8. The van der Waals surface area contributed by atoms with Crippen molar-refractivity contribution in [3.63, 3.8) is 0 Å². The van der Waals surface area contributed by atoms with Gasteiger partial charge in [-0.05, 0) is 49.1 Å². The van der Waals surface area contributed by atoms with Crippen LogP contribution in [0.2, 0.25) is 0 Å². The van der Waals surface area contributed by atoms with Crippen LogP contribution in [0.25, 0.3) is 20.6 Å². The van der Waals surface area contributed by atoms with E-state index >= 15 is 0 Å². The smallest absolute Gasteiger partial charge is 0.320 e. The number of anilines is 1. The first-order valence-electron chi connectivity index (χ1n) is 12.6. The van der Waals surface area contributed by atoms with Crippen LogP contribution in [-0.4, -0.2) is 33.8 Å². The number of hydrogen-bond acceptors (Lipinski definition) is 6. The van der Waals surface area contributed by atoms with Crippen LogP contribution in [0, 0.1) is 0 Å². The lowest BCUT2D eigenvalue weighted by molar-refractivity contribution is 0.250. The molecule has 1 aromatic carbocycles. The van der Waals surface area contributed by atoms with Gasteiger partial charge in [0, 0.05) is 23.2 Å². The molecule has 3 aromatic heterocycles. The first-order chi connectivity index (χ1) is 17.6. The zero-order chi connectivity index (χ0) is 25.8. The fourth-order valence-electron chi connectivity index (χ4n) is 4.33. The second-order valence-corrected chi connectivity index (χ2v) is 12.2. The highest BCUT2D eigenvalue weighted by atomic mass is 32.1. The van der Waals surface area contributed by atoms with Crippen molar-refractivity contribution in [1.29, 1.82) is 0 Å². The lowest BCUT2D eigenvalue weighted by atomic mass is 9.93. The van der Waals surface area contributed by atoms with Gasteiger partial charge < -0.3 is 24.7 Å².